The van der Waals surface area contributed by atoms with Crippen molar-refractivity contribution in [3.63, 3.8) is 0 Å². The van der Waals surface area contributed by atoms with E-state index >= 15 is 0 Å². The summed E-state index contributed by atoms with van der Waals surface area (Å²) in [5.74, 6) is 0. The molecular weight excluding hydrogens is 190 g/mol. The van der Waals surface area contributed by atoms with Gasteiger partial charge in [0.2, 0.25) is 0 Å². The molecule has 0 saturated heterocycles. The van der Waals surface area contributed by atoms with Crippen molar-refractivity contribution in [3.8, 4) is 24.3 Å². The SMILES string of the molecule is Cc1c(C#N)nc(C#N)c(C#N)c1C#N. The minimum atomic E-state index is -0.184. The van der Waals surface area contributed by atoms with Gasteiger partial charge in [-0.2, -0.15) is 21.0 Å². The van der Waals surface area contributed by atoms with Crippen LogP contribution in [0.3, 0.4) is 0 Å². The molecule has 0 saturated carbocycles. The van der Waals surface area contributed by atoms with Crippen molar-refractivity contribution in [1.29, 1.82) is 21.0 Å². The molecule has 0 aromatic carbocycles. The van der Waals surface area contributed by atoms with Crippen LogP contribution in [0.2, 0.25) is 0 Å². The predicted molar refractivity (Wildman–Crippen MR) is 47.8 cm³/mol. The Hall–Kier alpha value is -2.89. The highest BCUT2D eigenvalue weighted by Gasteiger charge is 2.16. The van der Waals surface area contributed by atoms with Crippen molar-refractivity contribution < 1.29 is 0 Å². The second kappa shape index (κ2) is 3.88. The van der Waals surface area contributed by atoms with Crippen LogP contribution in [0, 0.1) is 52.2 Å². The highest BCUT2D eigenvalue weighted by molar-refractivity contribution is 5.58. The molecule has 0 N–H and O–H groups in total. The Morgan fingerprint density at radius 2 is 1.33 bits per heavy atom. The van der Waals surface area contributed by atoms with E-state index in [-0.39, 0.29) is 22.5 Å². The normalized spacial score (nSPS) is 8.07. The zero-order valence-electron chi connectivity index (χ0n) is 7.74. The first-order chi connectivity index (χ1) is 7.19. The molecule has 0 aliphatic rings. The van der Waals surface area contributed by atoms with E-state index in [0.717, 1.165) is 0 Å². The van der Waals surface area contributed by atoms with Crippen molar-refractivity contribution in [3.05, 3.63) is 28.1 Å². The molecule has 1 rings (SSSR count). The molecule has 15 heavy (non-hydrogen) atoms. The van der Waals surface area contributed by atoms with Gasteiger partial charge < -0.3 is 0 Å². The highest BCUT2D eigenvalue weighted by Crippen LogP contribution is 2.17. The minimum Gasteiger partial charge on any atom is -0.225 e. The third kappa shape index (κ3) is 1.46. The maximum absolute atomic E-state index is 8.82. The van der Waals surface area contributed by atoms with Crippen LogP contribution in [-0.2, 0) is 0 Å². The van der Waals surface area contributed by atoms with Gasteiger partial charge in [-0.1, -0.05) is 0 Å². The van der Waals surface area contributed by atoms with Crippen LogP contribution in [0.5, 0.6) is 0 Å². The van der Waals surface area contributed by atoms with E-state index < -0.39 is 0 Å². The Morgan fingerprint density at radius 3 is 1.73 bits per heavy atom. The van der Waals surface area contributed by atoms with E-state index in [1.807, 2.05) is 0 Å². The second-order valence-electron chi connectivity index (χ2n) is 2.63. The molecule has 1 heterocycles. The van der Waals surface area contributed by atoms with Crippen LogP contribution >= 0.6 is 0 Å². The van der Waals surface area contributed by atoms with Crippen LogP contribution in [-0.4, -0.2) is 4.98 Å². The fourth-order valence-corrected chi connectivity index (χ4v) is 1.11. The number of nitriles is 4. The Labute approximate surface area is 86.0 Å². The molecule has 0 fully saturated rings. The Morgan fingerprint density at radius 1 is 0.800 bits per heavy atom. The molecule has 1 aromatic rings. The van der Waals surface area contributed by atoms with Crippen molar-refractivity contribution in [2.24, 2.45) is 0 Å². The Bertz CT molecular complexity index is 587. The molecule has 68 valence electrons. The predicted octanol–water partition coefficient (Wildman–Crippen LogP) is 0.877. The standard InChI is InChI=1S/C10H3N5/c1-6-7(2-11)8(3-12)10(5-14)15-9(6)4-13/h1H3. The van der Waals surface area contributed by atoms with Crippen LogP contribution in [0.1, 0.15) is 28.1 Å². The second-order valence-corrected chi connectivity index (χ2v) is 2.63. The number of hydrogen-bond donors (Lipinski definition) is 0. The summed E-state index contributed by atoms with van der Waals surface area (Å²) >= 11 is 0. The number of aromatic nitrogens is 1. The quantitative estimate of drug-likeness (QED) is 0.607. The van der Waals surface area contributed by atoms with Gasteiger partial charge in [-0.25, -0.2) is 4.98 Å². The molecule has 0 spiro atoms. The van der Waals surface area contributed by atoms with Gasteiger partial charge in [-0.3, -0.25) is 0 Å². The minimum absolute atomic E-state index is 0.00194. The molecule has 0 aliphatic carbocycles. The lowest BCUT2D eigenvalue weighted by Gasteiger charge is -2.02. The fourth-order valence-electron chi connectivity index (χ4n) is 1.11. The number of rotatable bonds is 0. The van der Waals surface area contributed by atoms with Gasteiger partial charge in [0.1, 0.15) is 35.5 Å². The smallest absolute Gasteiger partial charge is 0.161 e. The third-order valence-electron chi connectivity index (χ3n) is 1.88. The summed E-state index contributed by atoms with van der Waals surface area (Å²) in [6.45, 7) is 1.52. The monoisotopic (exact) mass is 193 g/mol. The van der Waals surface area contributed by atoms with E-state index in [1.54, 1.807) is 24.3 Å². The topological polar surface area (TPSA) is 108 Å². The average molecular weight is 193 g/mol. The van der Waals surface area contributed by atoms with Gasteiger partial charge in [0, 0.05) is 5.56 Å². The van der Waals surface area contributed by atoms with E-state index in [2.05, 4.69) is 4.98 Å². The van der Waals surface area contributed by atoms with E-state index in [1.165, 1.54) is 6.92 Å². The molecule has 0 bridgehead atoms. The first-order valence-electron chi connectivity index (χ1n) is 3.84. The molecular formula is C10H3N5. The summed E-state index contributed by atoms with van der Waals surface area (Å²) < 4.78 is 0. The van der Waals surface area contributed by atoms with E-state index in [9.17, 15) is 0 Å². The maximum atomic E-state index is 8.82. The zero-order valence-corrected chi connectivity index (χ0v) is 7.74. The zero-order chi connectivity index (χ0) is 11.4. The molecule has 0 amide bonds. The highest BCUT2D eigenvalue weighted by atomic mass is 14.7. The van der Waals surface area contributed by atoms with Gasteiger partial charge in [0.05, 0.1) is 5.56 Å². The molecule has 0 radical (unpaired) electrons. The fraction of sp³-hybridized carbons (Fsp3) is 0.100. The molecule has 5 nitrogen and oxygen atoms in total. The summed E-state index contributed by atoms with van der Waals surface area (Å²) in [7, 11) is 0. The third-order valence-corrected chi connectivity index (χ3v) is 1.88. The maximum Gasteiger partial charge on any atom is 0.161 e. The molecule has 0 unspecified atom stereocenters. The summed E-state index contributed by atoms with van der Waals surface area (Å²) in [6, 6.07) is 7.00. The van der Waals surface area contributed by atoms with Crippen LogP contribution in [0.25, 0.3) is 0 Å². The summed E-state index contributed by atoms with van der Waals surface area (Å²) in [5, 5.41) is 35.0. The van der Waals surface area contributed by atoms with Gasteiger partial charge in [0.15, 0.2) is 5.69 Å². The first-order valence-corrected chi connectivity index (χ1v) is 3.84. The van der Waals surface area contributed by atoms with E-state index in [0.29, 0.717) is 5.56 Å². The Kier molecular flexibility index (Phi) is 2.64. The van der Waals surface area contributed by atoms with Gasteiger partial charge in [0.25, 0.3) is 0 Å². The van der Waals surface area contributed by atoms with Crippen LogP contribution in [0.4, 0.5) is 0 Å². The summed E-state index contributed by atoms with van der Waals surface area (Å²) in [5.41, 5.74) is 0.117. The Balaban J connectivity index is 3.82. The molecule has 0 aliphatic heterocycles. The summed E-state index contributed by atoms with van der Waals surface area (Å²) in [4.78, 5) is 3.69. The van der Waals surface area contributed by atoms with Crippen molar-refractivity contribution in [2.45, 2.75) is 6.92 Å². The largest absolute Gasteiger partial charge is 0.225 e. The van der Waals surface area contributed by atoms with Crippen LogP contribution < -0.4 is 0 Å². The van der Waals surface area contributed by atoms with Gasteiger partial charge >= 0.3 is 0 Å². The van der Waals surface area contributed by atoms with Crippen molar-refractivity contribution in [1.82, 2.24) is 4.98 Å². The number of hydrogen-bond acceptors (Lipinski definition) is 5. The lowest BCUT2D eigenvalue weighted by molar-refractivity contribution is 1.15. The van der Waals surface area contributed by atoms with Crippen molar-refractivity contribution >= 4 is 0 Å². The lowest BCUT2D eigenvalue weighted by Crippen LogP contribution is -2.01. The molecule has 1 aromatic heterocycles. The lowest BCUT2D eigenvalue weighted by atomic mass is 10.0. The van der Waals surface area contributed by atoms with E-state index in [4.69, 9.17) is 21.0 Å². The van der Waals surface area contributed by atoms with Crippen molar-refractivity contribution in [2.75, 3.05) is 0 Å². The number of nitrogens with zero attached hydrogens (tertiary/aromatic N) is 5. The average Bonchev–Trinajstić information content (AvgIpc) is 2.28. The van der Waals surface area contributed by atoms with Crippen LogP contribution in [0.15, 0.2) is 0 Å². The summed E-state index contributed by atoms with van der Waals surface area (Å²) in [6.07, 6.45) is 0. The first kappa shape index (κ1) is 10.2. The van der Waals surface area contributed by atoms with Gasteiger partial charge in [-0.15, -0.1) is 0 Å². The molecule has 5 heteroatoms. The number of pyridine rings is 1. The molecule has 0 atom stereocenters. The van der Waals surface area contributed by atoms with Gasteiger partial charge in [-0.05, 0) is 6.92 Å².